The number of carbonyl (C=O) groups excluding carboxylic acids is 2. The van der Waals surface area contributed by atoms with Crippen molar-refractivity contribution in [2.45, 2.75) is 13.0 Å². The summed E-state index contributed by atoms with van der Waals surface area (Å²) in [4.78, 5) is 27.5. The summed E-state index contributed by atoms with van der Waals surface area (Å²) in [6.45, 7) is 0.312. The molecule has 2 aromatic rings. The van der Waals surface area contributed by atoms with Crippen LogP contribution in [0.1, 0.15) is 17.5 Å². The van der Waals surface area contributed by atoms with Crippen molar-refractivity contribution in [3.63, 3.8) is 0 Å². The van der Waals surface area contributed by atoms with Gasteiger partial charge in [0.2, 0.25) is 11.8 Å². The minimum Gasteiger partial charge on any atom is -0.497 e. The summed E-state index contributed by atoms with van der Waals surface area (Å²) in [5.41, 5.74) is 3.83. The Balaban J connectivity index is 1.80. The number of hydrazone groups is 1. The lowest BCUT2D eigenvalue weighted by Crippen LogP contribution is -2.29. The standard InChI is InChI=1S/C18H20N4O4/c1-25-15-6-5-14(16(8-15)26-2)12-21-22-18(24)9-17(23)20-11-13-4-3-7-19-10-13/h3-8,10,12H,9,11H2,1-2H3,(H,20,23)(H,22,24). The van der Waals surface area contributed by atoms with Gasteiger partial charge >= 0.3 is 0 Å². The number of methoxy groups -OCH3 is 2. The molecule has 1 aromatic heterocycles. The molecule has 0 aliphatic heterocycles. The first-order chi connectivity index (χ1) is 12.6. The highest BCUT2D eigenvalue weighted by atomic mass is 16.5. The number of hydrogen-bond acceptors (Lipinski definition) is 6. The first-order valence-corrected chi connectivity index (χ1v) is 7.82. The van der Waals surface area contributed by atoms with Crippen molar-refractivity contribution in [2.75, 3.05) is 14.2 Å². The van der Waals surface area contributed by atoms with E-state index in [1.165, 1.54) is 13.3 Å². The molecule has 26 heavy (non-hydrogen) atoms. The number of nitrogens with one attached hydrogen (secondary N) is 2. The molecule has 2 N–H and O–H groups in total. The van der Waals surface area contributed by atoms with Crippen molar-refractivity contribution in [2.24, 2.45) is 5.10 Å². The Labute approximate surface area is 151 Å². The van der Waals surface area contributed by atoms with Gasteiger partial charge in [-0.15, -0.1) is 0 Å². The predicted octanol–water partition coefficient (Wildman–Crippen LogP) is 1.26. The molecule has 136 valence electrons. The highest BCUT2D eigenvalue weighted by Gasteiger charge is 2.08. The molecule has 0 unspecified atom stereocenters. The lowest BCUT2D eigenvalue weighted by molar-refractivity contribution is -0.129. The summed E-state index contributed by atoms with van der Waals surface area (Å²) < 4.78 is 10.3. The number of benzene rings is 1. The van der Waals surface area contributed by atoms with E-state index >= 15 is 0 Å². The maximum Gasteiger partial charge on any atom is 0.249 e. The van der Waals surface area contributed by atoms with E-state index in [-0.39, 0.29) is 6.42 Å². The van der Waals surface area contributed by atoms with Crippen molar-refractivity contribution in [3.05, 3.63) is 53.9 Å². The Kier molecular flexibility index (Phi) is 7.11. The van der Waals surface area contributed by atoms with Crippen molar-refractivity contribution in [1.82, 2.24) is 15.7 Å². The van der Waals surface area contributed by atoms with Crippen LogP contribution in [-0.4, -0.2) is 37.2 Å². The van der Waals surface area contributed by atoms with Crippen molar-refractivity contribution in [3.8, 4) is 11.5 Å². The Bertz CT molecular complexity index is 778. The first-order valence-electron chi connectivity index (χ1n) is 7.82. The van der Waals surface area contributed by atoms with Crippen LogP contribution < -0.4 is 20.2 Å². The number of rotatable bonds is 8. The molecule has 0 fully saturated rings. The molecule has 0 spiro atoms. The zero-order valence-corrected chi connectivity index (χ0v) is 14.6. The first kappa shape index (κ1) is 18.9. The van der Waals surface area contributed by atoms with Gasteiger partial charge in [-0.3, -0.25) is 14.6 Å². The Morgan fingerprint density at radius 1 is 1.19 bits per heavy atom. The van der Waals surface area contributed by atoms with Crippen LogP contribution in [0.15, 0.2) is 47.8 Å². The van der Waals surface area contributed by atoms with Crippen LogP contribution in [0.25, 0.3) is 0 Å². The van der Waals surface area contributed by atoms with Crippen molar-refractivity contribution < 1.29 is 19.1 Å². The van der Waals surface area contributed by atoms with Gasteiger partial charge in [-0.1, -0.05) is 6.07 Å². The normalized spacial score (nSPS) is 10.4. The van der Waals surface area contributed by atoms with Crippen LogP contribution in [0.5, 0.6) is 11.5 Å². The summed E-state index contributed by atoms with van der Waals surface area (Å²) in [7, 11) is 3.08. The van der Waals surface area contributed by atoms with Gasteiger partial charge in [0, 0.05) is 30.6 Å². The molecule has 8 nitrogen and oxygen atoms in total. The molecule has 0 atom stereocenters. The summed E-state index contributed by atoms with van der Waals surface area (Å²) in [5.74, 6) is 0.283. The summed E-state index contributed by atoms with van der Waals surface area (Å²) >= 11 is 0. The van der Waals surface area contributed by atoms with Crippen LogP contribution in [0, 0.1) is 0 Å². The number of nitrogens with zero attached hydrogens (tertiary/aromatic N) is 2. The maximum absolute atomic E-state index is 11.8. The van der Waals surface area contributed by atoms with E-state index in [4.69, 9.17) is 9.47 Å². The third-order valence-electron chi connectivity index (χ3n) is 3.37. The molecular formula is C18H20N4O4. The van der Waals surface area contributed by atoms with Crippen molar-refractivity contribution in [1.29, 1.82) is 0 Å². The summed E-state index contributed by atoms with van der Waals surface area (Å²) in [6, 6.07) is 8.80. The minimum absolute atomic E-state index is 0.312. The number of amides is 2. The van der Waals surface area contributed by atoms with E-state index in [1.807, 2.05) is 6.07 Å². The molecule has 0 bridgehead atoms. The van der Waals surface area contributed by atoms with Gasteiger partial charge in [-0.25, -0.2) is 5.43 Å². The highest BCUT2D eigenvalue weighted by molar-refractivity contribution is 5.97. The van der Waals surface area contributed by atoms with E-state index in [0.29, 0.717) is 23.6 Å². The second kappa shape index (κ2) is 9.77. The zero-order valence-electron chi connectivity index (χ0n) is 14.6. The molecule has 0 saturated carbocycles. The van der Waals surface area contributed by atoms with Gasteiger partial charge in [0.25, 0.3) is 0 Å². The Morgan fingerprint density at radius 2 is 2.04 bits per heavy atom. The average molecular weight is 356 g/mol. The number of carbonyl (C=O) groups is 2. The summed E-state index contributed by atoms with van der Waals surface area (Å²) in [6.07, 6.45) is 4.41. The molecule has 2 rings (SSSR count). The van der Waals surface area contributed by atoms with Gasteiger partial charge < -0.3 is 14.8 Å². The molecule has 0 saturated heterocycles. The predicted molar refractivity (Wildman–Crippen MR) is 96.0 cm³/mol. The molecule has 0 aliphatic carbocycles. The number of ether oxygens (including phenoxy) is 2. The van der Waals surface area contributed by atoms with Gasteiger partial charge in [0.15, 0.2) is 0 Å². The van der Waals surface area contributed by atoms with Gasteiger partial charge in [0.05, 0.1) is 20.4 Å². The molecule has 2 amide bonds. The van der Waals surface area contributed by atoms with E-state index in [9.17, 15) is 9.59 Å². The SMILES string of the molecule is COc1ccc(C=NNC(=O)CC(=O)NCc2cccnc2)c(OC)c1. The molecular weight excluding hydrogens is 336 g/mol. The lowest BCUT2D eigenvalue weighted by Gasteiger charge is -2.07. The lowest BCUT2D eigenvalue weighted by atomic mass is 10.2. The van der Waals surface area contributed by atoms with Gasteiger partial charge in [-0.05, 0) is 23.8 Å². The Hall–Kier alpha value is -3.42. The minimum atomic E-state index is -0.516. The van der Waals surface area contributed by atoms with E-state index in [1.54, 1.807) is 43.8 Å². The molecule has 0 aliphatic rings. The second-order valence-corrected chi connectivity index (χ2v) is 5.22. The van der Waals surface area contributed by atoms with E-state index in [0.717, 1.165) is 5.56 Å². The van der Waals surface area contributed by atoms with Crippen LogP contribution in [0.4, 0.5) is 0 Å². The topological polar surface area (TPSA) is 102 Å². The fourth-order valence-corrected chi connectivity index (χ4v) is 2.05. The number of hydrogen-bond donors (Lipinski definition) is 2. The summed E-state index contributed by atoms with van der Waals surface area (Å²) in [5, 5.41) is 6.48. The quantitative estimate of drug-likeness (QED) is 0.421. The van der Waals surface area contributed by atoms with Gasteiger partial charge in [0.1, 0.15) is 17.9 Å². The fourth-order valence-electron chi connectivity index (χ4n) is 2.05. The number of pyridine rings is 1. The van der Waals surface area contributed by atoms with Crippen LogP contribution in [0.2, 0.25) is 0 Å². The number of aromatic nitrogens is 1. The second-order valence-electron chi connectivity index (χ2n) is 5.22. The monoisotopic (exact) mass is 356 g/mol. The highest BCUT2D eigenvalue weighted by Crippen LogP contribution is 2.22. The average Bonchev–Trinajstić information content (AvgIpc) is 2.67. The fraction of sp³-hybridized carbons (Fsp3) is 0.222. The van der Waals surface area contributed by atoms with Crippen molar-refractivity contribution >= 4 is 18.0 Å². The molecule has 8 heteroatoms. The molecule has 1 aromatic carbocycles. The van der Waals surface area contributed by atoms with E-state index in [2.05, 4.69) is 20.8 Å². The third-order valence-corrected chi connectivity index (χ3v) is 3.37. The van der Waals surface area contributed by atoms with Gasteiger partial charge in [-0.2, -0.15) is 5.10 Å². The van der Waals surface area contributed by atoms with E-state index < -0.39 is 11.8 Å². The van der Waals surface area contributed by atoms with Crippen LogP contribution in [0.3, 0.4) is 0 Å². The smallest absolute Gasteiger partial charge is 0.249 e. The zero-order chi connectivity index (χ0) is 18.8. The molecule has 1 heterocycles. The van der Waals surface area contributed by atoms with Crippen LogP contribution in [-0.2, 0) is 16.1 Å². The maximum atomic E-state index is 11.8. The molecule has 0 radical (unpaired) electrons. The third kappa shape index (κ3) is 5.90. The van der Waals surface area contributed by atoms with Crippen LogP contribution >= 0.6 is 0 Å². The Morgan fingerprint density at radius 3 is 2.73 bits per heavy atom. The largest absolute Gasteiger partial charge is 0.497 e.